The van der Waals surface area contributed by atoms with Crippen molar-refractivity contribution in [2.75, 3.05) is 26.2 Å². The van der Waals surface area contributed by atoms with E-state index in [1.54, 1.807) is 24.3 Å². The van der Waals surface area contributed by atoms with E-state index in [0.717, 1.165) is 11.1 Å². The van der Waals surface area contributed by atoms with Gasteiger partial charge in [-0.2, -0.15) is 0 Å². The van der Waals surface area contributed by atoms with Crippen molar-refractivity contribution in [2.45, 2.75) is 19.9 Å². The molecule has 1 aromatic heterocycles. The second kappa shape index (κ2) is 9.99. The molecule has 2 N–H and O–H groups in total. The number of methoxy groups -OCH3 is 3. The van der Waals surface area contributed by atoms with Crippen LogP contribution in [0, 0.1) is 13.8 Å². The Bertz CT molecular complexity index is 1640. The smallest absolute Gasteiger partial charge is 0.302 e. The standard InChI is InChI=1S/C29H26ClN3O6/c1-14-9-20-21(10-15(14)2)32-29(31-20)33-25(16-7-6-8-17(11-16)37-3)24(27(35)28(33)36)26(34)18-12-19(30)23(39-5)13-22(18)38-4/h6-13,25,34H,1-5H3,(H,31,32)/b26-24+. The van der Waals surface area contributed by atoms with Gasteiger partial charge in [0.2, 0.25) is 5.95 Å². The summed E-state index contributed by atoms with van der Waals surface area (Å²) >= 11 is 6.35. The molecule has 0 saturated carbocycles. The number of fused-ring (bicyclic) bond motifs is 1. The first-order valence-corrected chi connectivity index (χ1v) is 12.4. The van der Waals surface area contributed by atoms with E-state index in [1.165, 1.54) is 38.4 Å². The Morgan fingerprint density at radius 2 is 1.69 bits per heavy atom. The van der Waals surface area contributed by atoms with Crippen LogP contribution in [0.3, 0.4) is 0 Å². The van der Waals surface area contributed by atoms with Gasteiger partial charge >= 0.3 is 5.91 Å². The largest absolute Gasteiger partial charge is 0.507 e. The number of anilines is 1. The fourth-order valence-electron chi connectivity index (χ4n) is 4.74. The summed E-state index contributed by atoms with van der Waals surface area (Å²) in [6.45, 7) is 3.95. The number of imidazole rings is 1. The van der Waals surface area contributed by atoms with Crippen LogP contribution in [0.5, 0.6) is 17.2 Å². The number of nitrogens with zero attached hydrogens (tertiary/aromatic N) is 2. The van der Waals surface area contributed by atoms with E-state index in [1.807, 2.05) is 26.0 Å². The fourth-order valence-corrected chi connectivity index (χ4v) is 4.98. The summed E-state index contributed by atoms with van der Waals surface area (Å²) in [7, 11) is 4.38. The summed E-state index contributed by atoms with van der Waals surface area (Å²) in [4.78, 5) is 36.2. The lowest BCUT2D eigenvalue weighted by Gasteiger charge is -2.23. The van der Waals surface area contributed by atoms with Gasteiger partial charge in [0.1, 0.15) is 23.0 Å². The van der Waals surface area contributed by atoms with E-state index in [0.29, 0.717) is 28.1 Å². The van der Waals surface area contributed by atoms with Crippen molar-refractivity contribution in [3.63, 3.8) is 0 Å². The lowest BCUT2D eigenvalue weighted by atomic mass is 9.95. The molecule has 1 amide bonds. The van der Waals surface area contributed by atoms with Gasteiger partial charge in [-0.3, -0.25) is 14.5 Å². The van der Waals surface area contributed by atoms with Gasteiger partial charge in [-0.05, 0) is 60.9 Å². The number of aromatic amines is 1. The van der Waals surface area contributed by atoms with Gasteiger partial charge in [-0.1, -0.05) is 23.7 Å². The lowest BCUT2D eigenvalue weighted by molar-refractivity contribution is -0.132. The maximum absolute atomic E-state index is 13.6. The van der Waals surface area contributed by atoms with Crippen LogP contribution >= 0.6 is 11.6 Å². The number of carbonyl (C=O) groups excluding carboxylic acids is 2. The van der Waals surface area contributed by atoms with Crippen LogP contribution in [0.1, 0.15) is 28.3 Å². The first kappa shape index (κ1) is 26.1. The molecule has 0 aliphatic carbocycles. The molecule has 3 aromatic carbocycles. The Hall–Kier alpha value is -4.50. The Balaban J connectivity index is 1.77. The van der Waals surface area contributed by atoms with E-state index < -0.39 is 23.5 Å². The number of ether oxygens (including phenoxy) is 3. The number of aliphatic hydroxyl groups excluding tert-OH is 1. The molecule has 1 fully saturated rings. The van der Waals surface area contributed by atoms with Crippen LogP contribution in [0.25, 0.3) is 16.8 Å². The first-order chi connectivity index (χ1) is 18.7. The predicted octanol–water partition coefficient (Wildman–Crippen LogP) is 5.49. The Labute approximate surface area is 229 Å². The molecule has 39 heavy (non-hydrogen) atoms. The molecule has 1 unspecified atom stereocenters. The molecular weight excluding hydrogens is 522 g/mol. The van der Waals surface area contributed by atoms with Crippen LogP contribution < -0.4 is 19.1 Å². The number of aryl methyl sites for hydroxylation is 2. The number of nitrogens with one attached hydrogen (secondary N) is 1. The van der Waals surface area contributed by atoms with Crippen molar-refractivity contribution in [3.05, 3.63) is 81.4 Å². The normalized spacial score (nSPS) is 16.7. The summed E-state index contributed by atoms with van der Waals surface area (Å²) in [5, 5.41) is 11.8. The average Bonchev–Trinajstić information content (AvgIpc) is 3.45. The molecule has 5 rings (SSSR count). The summed E-state index contributed by atoms with van der Waals surface area (Å²) in [6.07, 6.45) is 0. The first-order valence-electron chi connectivity index (χ1n) is 12.0. The molecule has 4 aromatic rings. The van der Waals surface area contributed by atoms with Gasteiger partial charge in [0.15, 0.2) is 0 Å². The van der Waals surface area contributed by atoms with E-state index in [2.05, 4.69) is 9.97 Å². The summed E-state index contributed by atoms with van der Waals surface area (Å²) in [6, 6.07) is 12.7. The Morgan fingerprint density at radius 3 is 2.38 bits per heavy atom. The number of aliphatic hydroxyl groups is 1. The number of benzene rings is 3. The van der Waals surface area contributed by atoms with E-state index in [9.17, 15) is 14.7 Å². The van der Waals surface area contributed by atoms with Crippen molar-refractivity contribution in [1.82, 2.24) is 9.97 Å². The van der Waals surface area contributed by atoms with Gasteiger partial charge in [0.25, 0.3) is 5.78 Å². The zero-order chi connectivity index (χ0) is 28.0. The maximum Gasteiger partial charge on any atom is 0.302 e. The van der Waals surface area contributed by atoms with Crippen molar-refractivity contribution >= 4 is 46.0 Å². The maximum atomic E-state index is 13.6. The van der Waals surface area contributed by atoms with E-state index in [4.69, 9.17) is 25.8 Å². The number of H-pyrrole nitrogens is 1. The van der Waals surface area contributed by atoms with Crippen LogP contribution in [-0.2, 0) is 9.59 Å². The molecular formula is C29H26ClN3O6. The summed E-state index contributed by atoms with van der Waals surface area (Å²) < 4.78 is 16.1. The zero-order valence-corrected chi connectivity index (χ0v) is 22.7. The zero-order valence-electron chi connectivity index (χ0n) is 22.0. The SMILES string of the molecule is COc1cccc(C2/C(=C(\O)c3cc(Cl)c(OC)cc3OC)C(=O)C(=O)N2c2nc3cc(C)c(C)cc3[nH]2)c1. The Morgan fingerprint density at radius 1 is 0.974 bits per heavy atom. The molecule has 9 nitrogen and oxygen atoms in total. The molecule has 1 aliphatic rings. The average molecular weight is 548 g/mol. The lowest BCUT2D eigenvalue weighted by Crippen LogP contribution is -2.30. The Kier molecular flexibility index (Phi) is 6.69. The minimum absolute atomic E-state index is 0.130. The minimum Gasteiger partial charge on any atom is -0.507 e. The number of amides is 1. The monoisotopic (exact) mass is 547 g/mol. The summed E-state index contributed by atoms with van der Waals surface area (Å²) in [5.74, 6) is -0.977. The summed E-state index contributed by atoms with van der Waals surface area (Å²) in [5.41, 5.74) is 3.95. The third-order valence-electron chi connectivity index (χ3n) is 6.90. The van der Waals surface area contributed by atoms with Crippen molar-refractivity contribution < 1.29 is 28.9 Å². The number of ketones is 1. The predicted molar refractivity (Wildman–Crippen MR) is 148 cm³/mol. The minimum atomic E-state index is -1.03. The number of hydrogen-bond acceptors (Lipinski definition) is 7. The molecule has 0 bridgehead atoms. The number of Topliss-reactive ketones (excluding diaryl/α,β-unsaturated/α-hetero) is 1. The molecule has 1 aliphatic heterocycles. The van der Waals surface area contributed by atoms with Crippen LogP contribution in [0.15, 0.2) is 54.1 Å². The quantitative estimate of drug-likeness (QED) is 0.186. The van der Waals surface area contributed by atoms with E-state index in [-0.39, 0.29) is 27.9 Å². The van der Waals surface area contributed by atoms with Gasteiger partial charge in [-0.15, -0.1) is 0 Å². The second-order valence-corrected chi connectivity index (χ2v) is 9.55. The molecule has 10 heteroatoms. The van der Waals surface area contributed by atoms with Gasteiger partial charge < -0.3 is 24.3 Å². The van der Waals surface area contributed by atoms with Crippen LogP contribution in [0.2, 0.25) is 5.02 Å². The van der Waals surface area contributed by atoms with Crippen molar-refractivity contribution in [3.8, 4) is 17.2 Å². The molecule has 2 heterocycles. The number of halogens is 1. The molecule has 1 saturated heterocycles. The third kappa shape index (κ3) is 4.34. The molecule has 0 radical (unpaired) electrons. The number of rotatable bonds is 6. The number of carbonyl (C=O) groups is 2. The molecule has 0 spiro atoms. The highest BCUT2D eigenvalue weighted by molar-refractivity contribution is 6.51. The number of aromatic nitrogens is 2. The van der Waals surface area contributed by atoms with Crippen LogP contribution in [-0.4, -0.2) is 48.1 Å². The van der Waals surface area contributed by atoms with Gasteiger partial charge in [0.05, 0.1) is 54.6 Å². The van der Waals surface area contributed by atoms with Crippen LogP contribution in [0.4, 0.5) is 5.95 Å². The number of hydrogen-bond donors (Lipinski definition) is 2. The van der Waals surface area contributed by atoms with Gasteiger partial charge in [-0.25, -0.2) is 4.98 Å². The third-order valence-corrected chi connectivity index (χ3v) is 7.19. The van der Waals surface area contributed by atoms with Gasteiger partial charge in [0, 0.05) is 6.07 Å². The van der Waals surface area contributed by atoms with Crippen molar-refractivity contribution in [2.24, 2.45) is 0 Å². The topological polar surface area (TPSA) is 114 Å². The highest BCUT2D eigenvalue weighted by atomic mass is 35.5. The van der Waals surface area contributed by atoms with E-state index >= 15 is 0 Å². The molecule has 1 atom stereocenters. The van der Waals surface area contributed by atoms with Crippen molar-refractivity contribution in [1.29, 1.82) is 0 Å². The highest BCUT2D eigenvalue weighted by Gasteiger charge is 2.48. The molecule has 200 valence electrons. The fraction of sp³-hybridized carbons (Fsp3) is 0.207. The second-order valence-electron chi connectivity index (χ2n) is 9.15. The highest BCUT2D eigenvalue weighted by Crippen LogP contribution is 2.45.